The molecule has 0 spiro atoms. The number of nitrogens with two attached hydrogens (primary N) is 1. The maximum absolute atomic E-state index is 6.24. The fraction of sp³-hybridized carbons (Fsp3) is 0.500. The van der Waals surface area contributed by atoms with Crippen molar-refractivity contribution in [1.29, 1.82) is 0 Å². The van der Waals surface area contributed by atoms with Crippen LogP contribution < -0.4 is 5.73 Å². The van der Waals surface area contributed by atoms with Gasteiger partial charge in [0.05, 0.1) is 11.4 Å². The molecule has 2 N–H and O–H groups in total. The Morgan fingerprint density at radius 3 is 2.79 bits per heavy atom. The van der Waals surface area contributed by atoms with Crippen LogP contribution in [-0.2, 0) is 0 Å². The maximum Gasteiger partial charge on any atom is 0.149 e. The molecule has 0 bridgehead atoms. The fourth-order valence-electron chi connectivity index (χ4n) is 3.49. The van der Waals surface area contributed by atoms with Crippen LogP contribution in [0.1, 0.15) is 51.9 Å². The summed E-state index contributed by atoms with van der Waals surface area (Å²) in [5, 5.41) is 2.00. The molecular weight excluding hydrogens is 366 g/mol. The van der Waals surface area contributed by atoms with E-state index in [4.69, 9.17) is 5.73 Å². The number of allylic oxidation sites excluding steroid dienone is 2. The summed E-state index contributed by atoms with van der Waals surface area (Å²) in [5.74, 6) is 1.86. The molecule has 28 heavy (non-hydrogen) atoms. The van der Waals surface area contributed by atoms with E-state index >= 15 is 0 Å². The van der Waals surface area contributed by atoms with Gasteiger partial charge < -0.3 is 10.6 Å². The predicted octanol–water partition coefficient (Wildman–Crippen LogP) is 5.25. The van der Waals surface area contributed by atoms with Crippen molar-refractivity contribution in [3.05, 3.63) is 47.1 Å². The van der Waals surface area contributed by atoms with Gasteiger partial charge >= 0.3 is 0 Å². The molecule has 0 radical (unpaired) electrons. The zero-order chi connectivity index (χ0) is 20.2. The van der Waals surface area contributed by atoms with Crippen LogP contribution in [0.15, 0.2) is 62.0 Å². The molecule has 0 atom stereocenters. The van der Waals surface area contributed by atoms with E-state index < -0.39 is 0 Å². The van der Waals surface area contributed by atoms with Gasteiger partial charge in [-0.1, -0.05) is 38.7 Å². The molecule has 0 saturated heterocycles. The largest absolute Gasteiger partial charge is 0.382 e. The lowest BCUT2D eigenvalue weighted by Gasteiger charge is -2.32. The van der Waals surface area contributed by atoms with Crippen LogP contribution in [-0.4, -0.2) is 36.5 Å². The summed E-state index contributed by atoms with van der Waals surface area (Å²) in [6, 6.07) is 0. The van der Waals surface area contributed by atoms with Gasteiger partial charge in [0.2, 0.25) is 0 Å². The summed E-state index contributed by atoms with van der Waals surface area (Å²) in [6.45, 7) is 10.5. The van der Waals surface area contributed by atoms with Crippen LogP contribution in [0.5, 0.6) is 0 Å². The minimum Gasteiger partial charge on any atom is -0.382 e. The van der Waals surface area contributed by atoms with Crippen LogP contribution in [0, 0.1) is 5.92 Å². The molecule has 1 aliphatic carbocycles. The Bertz CT molecular complexity index is 681. The van der Waals surface area contributed by atoms with Crippen molar-refractivity contribution < 1.29 is 0 Å². The molecule has 6 heteroatoms. The van der Waals surface area contributed by atoms with Crippen molar-refractivity contribution in [3.8, 4) is 0 Å². The van der Waals surface area contributed by atoms with Crippen LogP contribution in [0.4, 0.5) is 0 Å². The van der Waals surface area contributed by atoms with Crippen molar-refractivity contribution in [3.63, 3.8) is 0 Å². The van der Waals surface area contributed by atoms with Gasteiger partial charge in [-0.3, -0.25) is 9.98 Å². The quantitative estimate of drug-likeness (QED) is 0.403. The van der Waals surface area contributed by atoms with Crippen molar-refractivity contribution in [1.82, 2.24) is 4.90 Å². The monoisotopic (exact) mass is 399 g/mol. The molecule has 1 saturated carbocycles. The third-order valence-electron chi connectivity index (χ3n) is 4.98. The van der Waals surface area contributed by atoms with E-state index in [1.807, 2.05) is 17.7 Å². The molecule has 0 amide bonds. The molecule has 152 valence electrons. The first-order valence-electron chi connectivity index (χ1n) is 10.1. The predicted molar refractivity (Wildman–Crippen MR) is 125 cm³/mol. The van der Waals surface area contributed by atoms with Gasteiger partial charge in [0.1, 0.15) is 11.5 Å². The van der Waals surface area contributed by atoms with Crippen molar-refractivity contribution in [2.24, 2.45) is 26.6 Å². The van der Waals surface area contributed by atoms with E-state index in [1.54, 1.807) is 18.0 Å². The Morgan fingerprint density at radius 2 is 2.11 bits per heavy atom. The van der Waals surface area contributed by atoms with E-state index in [0.717, 1.165) is 36.5 Å². The Hall–Kier alpha value is -2.08. The van der Waals surface area contributed by atoms with Gasteiger partial charge in [-0.15, -0.1) is 11.8 Å². The highest BCUT2D eigenvalue weighted by Crippen LogP contribution is 2.28. The average molecular weight is 400 g/mol. The summed E-state index contributed by atoms with van der Waals surface area (Å²) >= 11 is 1.62. The molecule has 5 nitrogen and oxygen atoms in total. The average Bonchev–Trinajstić information content (AvgIpc) is 2.72. The van der Waals surface area contributed by atoms with Gasteiger partial charge in [0.25, 0.3) is 0 Å². The molecule has 0 unspecified atom stereocenters. The van der Waals surface area contributed by atoms with E-state index in [1.165, 1.54) is 32.1 Å². The Kier molecular flexibility index (Phi) is 9.83. The summed E-state index contributed by atoms with van der Waals surface area (Å²) in [6.07, 6.45) is 16.6. The number of aliphatic imine (C=N–C) groups is 3. The lowest BCUT2D eigenvalue weighted by Crippen LogP contribution is -2.35. The summed E-state index contributed by atoms with van der Waals surface area (Å²) in [7, 11) is 0. The molecule has 0 aromatic heterocycles. The summed E-state index contributed by atoms with van der Waals surface area (Å²) < 4.78 is 0. The van der Waals surface area contributed by atoms with Crippen molar-refractivity contribution >= 4 is 31.0 Å². The van der Waals surface area contributed by atoms with Crippen LogP contribution in [0.25, 0.3) is 0 Å². The normalized spacial score (nSPS) is 20.4. The Labute approximate surface area is 174 Å². The fourth-order valence-corrected chi connectivity index (χ4v) is 4.28. The number of nitrogens with zero attached hydrogens (tertiary/aromatic N) is 4. The van der Waals surface area contributed by atoms with E-state index in [0.29, 0.717) is 17.5 Å². The number of unbranched alkanes of at least 4 members (excludes halogenated alkanes) is 1. The summed E-state index contributed by atoms with van der Waals surface area (Å²) in [5.41, 5.74) is 8.83. The zero-order valence-electron chi connectivity index (χ0n) is 17.0. The van der Waals surface area contributed by atoms with E-state index in [2.05, 4.69) is 46.3 Å². The molecular formula is C22H33N5S. The lowest BCUT2D eigenvalue weighted by molar-refractivity contribution is 0.288. The molecule has 1 fully saturated rings. The SMILES string of the molecule is C=NC(/C=C\CCC)=C\SC/C(N=C)=C1\C(N)=NC=CN1CC1CCCCC1. The highest BCUT2D eigenvalue weighted by Gasteiger charge is 2.23. The maximum atomic E-state index is 6.24. The van der Waals surface area contributed by atoms with Gasteiger partial charge in [-0.2, -0.15) is 0 Å². The second-order valence-electron chi connectivity index (χ2n) is 7.13. The Morgan fingerprint density at radius 1 is 1.32 bits per heavy atom. The van der Waals surface area contributed by atoms with Gasteiger partial charge in [0, 0.05) is 24.7 Å². The van der Waals surface area contributed by atoms with Crippen LogP contribution in [0.3, 0.4) is 0 Å². The second kappa shape index (κ2) is 12.4. The molecule has 1 aliphatic heterocycles. The first-order valence-corrected chi connectivity index (χ1v) is 11.2. The smallest absolute Gasteiger partial charge is 0.149 e. The van der Waals surface area contributed by atoms with Crippen LogP contribution >= 0.6 is 11.8 Å². The van der Waals surface area contributed by atoms with Crippen molar-refractivity contribution in [2.75, 3.05) is 12.3 Å². The van der Waals surface area contributed by atoms with Crippen LogP contribution in [0.2, 0.25) is 0 Å². The standard InChI is InChI=1S/C22H33N5S/c1-4-5-7-12-19(24-2)16-28-17-20(25-3)21-22(23)26-13-14-27(21)15-18-10-8-6-9-11-18/h7,12-14,16,18H,2-6,8-11,15,17H2,1H3,(H2,23,26)/b12-7-,19-16-,21-20-. The molecule has 0 aromatic rings. The lowest BCUT2D eigenvalue weighted by atomic mass is 9.89. The van der Waals surface area contributed by atoms with Gasteiger partial charge in [0.15, 0.2) is 0 Å². The summed E-state index contributed by atoms with van der Waals surface area (Å²) in [4.78, 5) is 14.9. The third kappa shape index (κ3) is 6.82. The topological polar surface area (TPSA) is 66.3 Å². The van der Waals surface area contributed by atoms with Gasteiger partial charge in [-0.25, -0.2) is 4.99 Å². The minimum absolute atomic E-state index is 0.509. The van der Waals surface area contributed by atoms with Crippen molar-refractivity contribution in [2.45, 2.75) is 51.9 Å². The first-order chi connectivity index (χ1) is 13.7. The number of rotatable bonds is 10. The molecule has 2 aliphatic rings. The number of thioether (sulfide) groups is 1. The highest BCUT2D eigenvalue weighted by atomic mass is 32.2. The van der Waals surface area contributed by atoms with E-state index in [9.17, 15) is 0 Å². The minimum atomic E-state index is 0.509. The zero-order valence-corrected chi connectivity index (χ0v) is 17.8. The highest BCUT2D eigenvalue weighted by molar-refractivity contribution is 8.02. The van der Waals surface area contributed by atoms with E-state index in [-0.39, 0.29) is 0 Å². The Balaban J connectivity index is 2.11. The van der Waals surface area contributed by atoms with Gasteiger partial charge in [-0.05, 0) is 50.1 Å². The molecule has 2 rings (SSSR count). The second-order valence-corrected chi connectivity index (χ2v) is 7.98. The first kappa shape index (κ1) is 22.2. The third-order valence-corrected chi connectivity index (χ3v) is 5.83. The molecule has 0 aromatic carbocycles. The molecule has 1 heterocycles. The number of hydrogen-bond donors (Lipinski definition) is 1. The number of amidine groups is 1. The number of hydrogen-bond acceptors (Lipinski definition) is 6.